The summed E-state index contributed by atoms with van der Waals surface area (Å²) in [7, 11) is 0. The number of hydrogen-bond acceptors (Lipinski definition) is 2. The predicted molar refractivity (Wildman–Crippen MR) is 228 cm³/mol. The smallest absolute Gasteiger partial charge is 0.0462 e. The van der Waals surface area contributed by atoms with Gasteiger partial charge in [0.25, 0.3) is 0 Å². The summed E-state index contributed by atoms with van der Waals surface area (Å²) >= 11 is 0. The summed E-state index contributed by atoms with van der Waals surface area (Å²) in [5, 5.41) is 0. The molecule has 0 heterocycles. The Morgan fingerprint density at radius 3 is 0.769 bits per heavy atom. The van der Waals surface area contributed by atoms with E-state index in [2.05, 4.69) is 232 Å². The molecule has 0 saturated heterocycles. The van der Waals surface area contributed by atoms with Crippen LogP contribution in [0.25, 0.3) is 24.3 Å². The van der Waals surface area contributed by atoms with Gasteiger partial charge in [-0.1, -0.05) is 144 Å². The molecule has 7 aromatic rings. The highest BCUT2D eigenvalue weighted by molar-refractivity contribution is 5.82. The predicted octanol–water partition coefficient (Wildman–Crippen LogP) is 14.4. The maximum atomic E-state index is 2.31. The lowest BCUT2D eigenvalue weighted by Gasteiger charge is -2.26. The molecule has 0 unspecified atom stereocenters. The summed E-state index contributed by atoms with van der Waals surface area (Å²) in [6, 6.07) is 61.0. The zero-order chi connectivity index (χ0) is 35.9. The second-order valence-electron chi connectivity index (χ2n) is 13.5. The van der Waals surface area contributed by atoms with Gasteiger partial charge in [-0.2, -0.15) is 0 Å². The van der Waals surface area contributed by atoms with E-state index < -0.39 is 0 Å². The molecule has 0 bridgehead atoms. The summed E-state index contributed by atoms with van der Waals surface area (Å²) in [5.74, 6) is 0. The first-order chi connectivity index (χ1) is 25.4. The number of rotatable bonds is 10. The van der Waals surface area contributed by atoms with Crippen molar-refractivity contribution >= 4 is 58.4 Å². The van der Waals surface area contributed by atoms with Gasteiger partial charge in [0, 0.05) is 35.6 Å². The number of anilines is 6. The van der Waals surface area contributed by atoms with Crippen LogP contribution in [0.1, 0.15) is 45.9 Å². The third kappa shape index (κ3) is 8.15. The van der Waals surface area contributed by atoms with Crippen molar-refractivity contribution in [1.29, 1.82) is 0 Å². The first-order valence-corrected chi connectivity index (χ1v) is 17.9. The van der Waals surface area contributed by atoms with Gasteiger partial charge in [0.05, 0.1) is 0 Å². The van der Waals surface area contributed by atoms with E-state index in [-0.39, 0.29) is 1.43 Å². The van der Waals surface area contributed by atoms with E-state index >= 15 is 0 Å². The van der Waals surface area contributed by atoms with Crippen molar-refractivity contribution < 1.29 is 1.43 Å². The summed E-state index contributed by atoms with van der Waals surface area (Å²) in [6.45, 7) is 8.50. The van der Waals surface area contributed by atoms with Crippen molar-refractivity contribution in [2.24, 2.45) is 0 Å². The van der Waals surface area contributed by atoms with Gasteiger partial charge in [0.2, 0.25) is 0 Å². The fraction of sp³-hybridized carbons (Fsp3) is 0.0800. The molecule has 7 aromatic carbocycles. The number of benzene rings is 7. The molecule has 0 saturated carbocycles. The lowest BCUT2D eigenvalue weighted by atomic mass is 10.0. The minimum Gasteiger partial charge on any atom is -0.311 e. The highest BCUT2D eigenvalue weighted by Gasteiger charge is 2.13. The van der Waals surface area contributed by atoms with Crippen molar-refractivity contribution in [2.75, 3.05) is 9.80 Å². The second kappa shape index (κ2) is 15.7. The summed E-state index contributed by atoms with van der Waals surface area (Å²) in [6.07, 6.45) is 8.79. The Morgan fingerprint density at radius 2 is 0.519 bits per heavy atom. The van der Waals surface area contributed by atoms with Gasteiger partial charge in [0.1, 0.15) is 0 Å². The van der Waals surface area contributed by atoms with E-state index in [1.54, 1.807) is 0 Å². The SMILES string of the molecule is Cc1ccc(N(c2ccc(C)cc2)c2ccc(C=Cc3ccccc3C=Cc3ccc(N(c4ccc(C)cc4)c4ccc(C)cc4)cc3)cc2)cc1.[HH]. The average molecular weight is 675 g/mol. The number of hydrogen-bond donors (Lipinski definition) is 0. The quantitative estimate of drug-likeness (QED) is 0.133. The fourth-order valence-electron chi connectivity index (χ4n) is 6.33. The molecule has 0 aliphatic heterocycles. The van der Waals surface area contributed by atoms with E-state index in [9.17, 15) is 0 Å². The van der Waals surface area contributed by atoms with Gasteiger partial charge in [-0.15, -0.1) is 0 Å². The number of nitrogens with zero attached hydrogens (tertiary/aromatic N) is 2. The van der Waals surface area contributed by atoms with Crippen LogP contribution < -0.4 is 9.80 Å². The molecular formula is C50H46N2. The van der Waals surface area contributed by atoms with Crippen molar-refractivity contribution in [3.05, 3.63) is 214 Å². The Labute approximate surface area is 310 Å². The molecule has 0 aliphatic rings. The van der Waals surface area contributed by atoms with Crippen LogP contribution in [0.5, 0.6) is 0 Å². The Kier molecular flexibility index (Phi) is 10.3. The maximum Gasteiger partial charge on any atom is 0.0462 e. The van der Waals surface area contributed by atoms with E-state index in [0.29, 0.717) is 0 Å². The molecule has 0 radical (unpaired) electrons. The van der Waals surface area contributed by atoms with E-state index in [0.717, 1.165) is 45.3 Å². The first-order valence-electron chi connectivity index (χ1n) is 17.9. The highest BCUT2D eigenvalue weighted by Crippen LogP contribution is 2.36. The minimum atomic E-state index is 0. The molecule has 0 fully saturated rings. The molecule has 0 amide bonds. The highest BCUT2D eigenvalue weighted by atomic mass is 15.1. The molecule has 256 valence electrons. The van der Waals surface area contributed by atoms with Gasteiger partial charge >= 0.3 is 0 Å². The Balaban J connectivity index is 0.00000481. The van der Waals surface area contributed by atoms with Gasteiger partial charge in [0.15, 0.2) is 0 Å². The van der Waals surface area contributed by atoms with Crippen molar-refractivity contribution in [3.63, 3.8) is 0 Å². The lowest BCUT2D eigenvalue weighted by molar-refractivity contribution is 1.27. The largest absolute Gasteiger partial charge is 0.311 e. The van der Waals surface area contributed by atoms with E-state index in [1.807, 2.05) is 0 Å². The molecule has 0 N–H and O–H groups in total. The van der Waals surface area contributed by atoms with Gasteiger partial charge < -0.3 is 9.80 Å². The van der Waals surface area contributed by atoms with Crippen LogP contribution in [0.2, 0.25) is 0 Å². The summed E-state index contributed by atoms with van der Waals surface area (Å²) in [5.41, 5.74) is 16.5. The third-order valence-electron chi connectivity index (χ3n) is 9.38. The van der Waals surface area contributed by atoms with Crippen LogP contribution in [0.15, 0.2) is 170 Å². The third-order valence-corrected chi connectivity index (χ3v) is 9.38. The monoisotopic (exact) mass is 674 g/mol. The van der Waals surface area contributed by atoms with Crippen molar-refractivity contribution in [3.8, 4) is 0 Å². The molecule has 0 aromatic heterocycles. The van der Waals surface area contributed by atoms with Crippen molar-refractivity contribution in [2.45, 2.75) is 27.7 Å². The van der Waals surface area contributed by atoms with E-state index in [1.165, 1.54) is 33.4 Å². The average Bonchev–Trinajstić information content (AvgIpc) is 3.18. The molecule has 0 spiro atoms. The van der Waals surface area contributed by atoms with Crippen LogP contribution in [-0.2, 0) is 0 Å². The van der Waals surface area contributed by atoms with Crippen LogP contribution in [0.4, 0.5) is 34.1 Å². The van der Waals surface area contributed by atoms with Crippen LogP contribution in [-0.4, -0.2) is 0 Å². The summed E-state index contributed by atoms with van der Waals surface area (Å²) < 4.78 is 0. The molecule has 2 nitrogen and oxygen atoms in total. The first kappa shape index (κ1) is 34.1. The Bertz CT molecular complexity index is 2020. The summed E-state index contributed by atoms with van der Waals surface area (Å²) in [4.78, 5) is 4.61. The molecule has 0 aliphatic carbocycles. The van der Waals surface area contributed by atoms with Crippen LogP contribution in [0, 0.1) is 27.7 Å². The van der Waals surface area contributed by atoms with Gasteiger partial charge in [-0.25, -0.2) is 0 Å². The van der Waals surface area contributed by atoms with E-state index in [4.69, 9.17) is 0 Å². The standard InChI is InChI=1S/C50H44N2.H2/c1-37-9-25-45(26-10-37)51(46-27-11-38(2)12-28-46)49-33-19-41(20-34-49)17-23-43-7-5-6-8-44(43)24-18-42-21-35-50(36-22-42)52(47-29-13-39(3)14-30-47)48-31-15-40(4)16-32-48;/h5-36H,1-4H3;1H. The molecule has 7 rings (SSSR count). The van der Waals surface area contributed by atoms with Gasteiger partial charge in [-0.3, -0.25) is 0 Å². The zero-order valence-corrected chi connectivity index (χ0v) is 30.4. The van der Waals surface area contributed by atoms with Gasteiger partial charge in [-0.05, 0) is 123 Å². The molecular weight excluding hydrogens is 629 g/mol. The second-order valence-corrected chi connectivity index (χ2v) is 13.5. The minimum absolute atomic E-state index is 0. The molecule has 2 heteroatoms. The molecule has 52 heavy (non-hydrogen) atoms. The topological polar surface area (TPSA) is 6.48 Å². The van der Waals surface area contributed by atoms with Crippen LogP contribution >= 0.6 is 0 Å². The fourth-order valence-corrected chi connectivity index (χ4v) is 6.33. The molecule has 0 atom stereocenters. The van der Waals surface area contributed by atoms with Crippen molar-refractivity contribution in [1.82, 2.24) is 0 Å². The Morgan fingerprint density at radius 1 is 0.288 bits per heavy atom. The maximum absolute atomic E-state index is 2.31. The zero-order valence-electron chi connectivity index (χ0n) is 30.4. The van der Waals surface area contributed by atoms with Crippen LogP contribution in [0.3, 0.4) is 0 Å². The number of aryl methyl sites for hydroxylation is 4. The normalized spacial score (nSPS) is 11.3. The lowest BCUT2D eigenvalue weighted by Crippen LogP contribution is -2.09. The Hall–Kier alpha value is -6.38.